The van der Waals surface area contributed by atoms with Gasteiger partial charge in [-0.15, -0.1) is 0 Å². The number of aliphatic hydroxyl groups is 4. The summed E-state index contributed by atoms with van der Waals surface area (Å²) in [5.41, 5.74) is 0. The number of ketones is 1. The predicted molar refractivity (Wildman–Crippen MR) is 43.7 cm³/mol. The number of phosphoric acid groups is 1. The number of hydrogen-bond acceptors (Lipinski definition) is 9. The van der Waals surface area contributed by atoms with Crippen LogP contribution >= 0.6 is 7.82 Å². The van der Waals surface area contributed by atoms with Crippen LogP contribution < -0.4 is 9.79 Å². The molecule has 96 valence electrons. The molecule has 0 aromatic rings. The van der Waals surface area contributed by atoms with Crippen LogP contribution in [-0.4, -0.2) is 57.7 Å². The second-order valence-electron chi connectivity index (χ2n) is 2.84. The van der Waals surface area contributed by atoms with Crippen molar-refractivity contribution < 1.29 is 44.1 Å². The third-order valence-electron chi connectivity index (χ3n) is 1.61. The molecule has 0 radical (unpaired) electrons. The fourth-order valence-corrected chi connectivity index (χ4v) is 1.37. The van der Waals surface area contributed by atoms with Crippen LogP contribution in [0.3, 0.4) is 0 Å². The van der Waals surface area contributed by atoms with Gasteiger partial charge < -0.3 is 39.3 Å². The van der Waals surface area contributed by atoms with E-state index < -0.39 is 45.1 Å². The Hall–Kier alpha value is -0.380. The molecule has 0 bridgehead atoms. The number of rotatable bonds is 7. The lowest BCUT2D eigenvalue weighted by Crippen LogP contribution is -2.47. The van der Waals surface area contributed by atoms with E-state index in [1.54, 1.807) is 0 Å². The molecule has 0 spiro atoms. The van der Waals surface area contributed by atoms with Gasteiger partial charge in [0.25, 0.3) is 0 Å². The smallest absolute Gasteiger partial charge is 0.189 e. The Balaban J connectivity index is 4.80. The molecule has 0 saturated heterocycles. The normalized spacial score (nSPS) is 17.9. The summed E-state index contributed by atoms with van der Waals surface area (Å²) in [6.07, 6.45) is -6.26. The fraction of sp³-hybridized carbons (Fsp3) is 0.833. The van der Waals surface area contributed by atoms with E-state index >= 15 is 0 Å². The quantitative estimate of drug-likeness (QED) is 0.328. The first-order valence-corrected chi connectivity index (χ1v) is 5.50. The number of Topliss-reactive ketones (excluding diaryl/α,β-unsaturated/α-hetero) is 1. The molecular formula is C6H11O9P-2. The van der Waals surface area contributed by atoms with Gasteiger partial charge in [0.05, 0.1) is 14.4 Å². The molecule has 0 aromatic heterocycles. The van der Waals surface area contributed by atoms with Crippen LogP contribution in [0.25, 0.3) is 0 Å². The Kier molecular flexibility index (Phi) is 6.23. The second kappa shape index (κ2) is 6.38. The summed E-state index contributed by atoms with van der Waals surface area (Å²) in [5, 5.41) is 35.0. The Labute approximate surface area is 90.2 Å². The lowest BCUT2D eigenvalue weighted by molar-refractivity contribution is -0.346. The van der Waals surface area contributed by atoms with E-state index in [1.807, 2.05) is 0 Å². The highest BCUT2D eigenvalue weighted by Gasteiger charge is 2.32. The summed E-state index contributed by atoms with van der Waals surface area (Å²) in [4.78, 5) is 31.4. The van der Waals surface area contributed by atoms with Gasteiger partial charge in [-0.25, -0.2) is 0 Å². The third kappa shape index (κ3) is 5.10. The molecule has 10 heteroatoms. The summed E-state index contributed by atoms with van der Waals surface area (Å²) in [5.74, 6) is -1.31. The first kappa shape index (κ1) is 15.6. The van der Waals surface area contributed by atoms with E-state index in [0.29, 0.717) is 0 Å². The number of carbonyl (C=O) groups excluding carboxylic acids is 1. The Morgan fingerprint density at radius 3 is 2.12 bits per heavy atom. The highest BCUT2D eigenvalue weighted by molar-refractivity contribution is 7.43. The standard InChI is InChI=1S/C6H13O9P/c7-1-3(9)5(11)6(4(10)2-8)15-16(12,13)14/h3,5-9,11H,1-2H2,(H2,12,13,14)/p-2/t3-,5-,6-/m1/s1. The first-order chi connectivity index (χ1) is 7.22. The number of phosphoric ester groups is 1. The van der Waals surface area contributed by atoms with Crippen LogP contribution in [0.1, 0.15) is 0 Å². The predicted octanol–water partition coefficient (Wildman–Crippen LogP) is -4.52. The maximum atomic E-state index is 10.9. The van der Waals surface area contributed by atoms with E-state index in [9.17, 15) is 24.3 Å². The van der Waals surface area contributed by atoms with Crippen molar-refractivity contribution in [1.29, 1.82) is 0 Å². The Morgan fingerprint density at radius 2 is 1.81 bits per heavy atom. The van der Waals surface area contributed by atoms with Gasteiger partial charge in [-0.1, -0.05) is 0 Å². The van der Waals surface area contributed by atoms with E-state index in [1.165, 1.54) is 0 Å². The molecule has 0 aromatic carbocycles. The minimum absolute atomic E-state index is 0.984. The topological polar surface area (TPSA) is 170 Å². The van der Waals surface area contributed by atoms with Crippen molar-refractivity contribution in [2.24, 2.45) is 0 Å². The zero-order valence-corrected chi connectivity index (χ0v) is 8.82. The molecule has 0 fully saturated rings. The minimum atomic E-state index is -5.58. The Morgan fingerprint density at radius 1 is 1.31 bits per heavy atom. The van der Waals surface area contributed by atoms with Gasteiger partial charge in [0.15, 0.2) is 11.9 Å². The Bertz CT molecular complexity index is 273. The molecule has 16 heavy (non-hydrogen) atoms. The van der Waals surface area contributed by atoms with Gasteiger partial charge in [0, 0.05) is 0 Å². The van der Waals surface area contributed by atoms with E-state index in [-0.39, 0.29) is 0 Å². The van der Waals surface area contributed by atoms with Crippen molar-refractivity contribution >= 4 is 13.6 Å². The average molecular weight is 258 g/mol. The van der Waals surface area contributed by atoms with Gasteiger partial charge in [-0.3, -0.25) is 4.79 Å². The zero-order chi connectivity index (χ0) is 12.9. The monoisotopic (exact) mass is 258 g/mol. The second-order valence-corrected chi connectivity index (χ2v) is 3.94. The van der Waals surface area contributed by atoms with E-state index in [2.05, 4.69) is 4.52 Å². The molecule has 0 saturated carbocycles. The van der Waals surface area contributed by atoms with Crippen LogP contribution in [-0.2, 0) is 13.9 Å². The van der Waals surface area contributed by atoms with Crippen molar-refractivity contribution in [2.45, 2.75) is 18.3 Å². The summed E-state index contributed by atoms with van der Waals surface area (Å²) in [7, 11) is -5.58. The zero-order valence-electron chi connectivity index (χ0n) is 7.92. The van der Waals surface area contributed by atoms with Crippen molar-refractivity contribution in [1.82, 2.24) is 0 Å². The van der Waals surface area contributed by atoms with Gasteiger partial charge in [-0.2, -0.15) is 0 Å². The van der Waals surface area contributed by atoms with Crippen molar-refractivity contribution in [3.63, 3.8) is 0 Å². The molecule has 0 unspecified atom stereocenters. The molecule has 0 heterocycles. The van der Waals surface area contributed by atoms with Crippen LogP contribution in [0.4, 0.5) is 0 Å². The van der Waals surface area contributed by atoms with Crippen molar-refractivity contribution in [2.75, 3.05) is 13.2 Å². The highest BCUT2D eigenvalue weighted by atomic mass is 31.2. The first-order valence-electron chi connectivity index (χ1n) is 4.04. The number of carbonyl (C=O) groups is 1. The molecule has 0 rings (SSSR count). The minimum Gasteiger partial charge on any atom is -0.790 e. The van der Waals surface area contributed by atoms with Gasteiger partial charge >= 0.3 is 0 Å². The molecule has 0 aliphatic carbocycles. The lowest BCUT2D eigenvalue weighted by atomic mass is 10.1. The molecule has 0 amide bonds. The lowest BCUT2D eigenvalue weighted by Gasteiger charge is -2.35. The van der Waals surface area contributed by atoms with Gasteiger partial charge in [0.1, 0.15) is 18.8 Å². The number of hydrogen-bond donors (Lipinski definition) is 4. The molecular weight excluding hydrogens is 247 g/mol. The summed E-state index contributed by atoms with van der Waals surface area (Å²) >= 11 is 0. The van der Waals surface area contributed by atoms with Crippen molar-refractivity contribution in [3.8, 4) is 0 Å². The summed E-state index contributed by atoms with van der Waals surface area (Å²) in [6.45, 7) is -2.18. The van der Waals surface area contributed by atoms with Crippen LogP contribution in [0, 0.1) is 0 Å². The average Bonchev–Trinajstić information content (AvgIpc) is 2.21. The summed E-state index contributed by atoms with van der Waals surface area (Å²) in [6, 6.07) is 0. The van der Waals surface area contributed by atoms with Crippen LogP contribution in [0.15, 0.2) is 0 Å². The largest absolute Gasteiger partial charge is 0.790 e. The maximum absolute atomic E-state index is 10.9. The van der Waals surface area contributed by atoms with Gasteiger partial charge in [0.2, 0.25) is 0 Å². The van der Waals surface area contributed by atoms with Crippen LogP contribution in [0.5, 0.6) is 0 Å². The van der Waals surface area contributed by atoms with E-state index in [4.69, 9.17) is 15.3 Å². The molecule has 0 aliphatic rings. The van der Waals surface area contributed by atoms with E-state index in [0.717, 1.165) is 0 Å². The number of aliphatic hydroxyl groups excluding tert-OH is 4. The SMILES string of the molecule is O=C(CO)[C@@H](OP(=O)([O-])[O-])[C@H](O)[C@H](O)CO. The van der Waals surface area contributed by atoms with Crippen LogP contribution in [0.2, 0.25) is 0 Å². The fourth-order valence-electron chi connectivity index (χ4n) is 0.850. The molecule has 9 nitrogen and oxygen atoms in total. The molecule has 4 N–H and O–H groups in total. The third-order valence-corrected chi connectivity index (χ3v) is 2.09. The molecule has 3 atom stereocenters. The summed E-state index contributed by atoms with van der Waals surface area (Å²) < 4.78 is 13.9. The van der Waals surface area contributed by atoms with Gasteiger partial charge in [-0.05, 0) is 0 Å². The maximum Gasteiger partial charge on any atom is 0.189 e. The van der Waals surface area contributed by atoms with Crippen molar-refractivity contribution in [3.05, 3.63) is 0 Å². The highest BCUT2D eigenvalue weighted by Crippen LogP contribution is 2.29. The molecule has 0 aliphatic heterocycles.